The van der Waals surface area contributed by atoms with E-state index in [-0.39, 0.29) is 0 Å². The summed E-state index contributed by atoms with van der Waals surface area (Å²) in [5, 5.41) is 39.7. The van der Waals surface area contributed by atoms with Crippen LogP contribution in [0.5, 0.6) is 0 Å². The molecule has 6 heteroatoms. The van der Waals surface area contributed by atoms with Crippen LogP contribution in [0.2, 0.25) is 0 Å². The molecule has 31 heavy (non-hydrogen) atoms. The molecule has 0 radical (unpaired) electrons. The summed E-state index contributed by atoms with van der Waals surface area (Å²) in [6.45, 7) is 7.46. The van der Waals surface area contributed by atoms with Gasteiger partial charge in [-0.1, -0.05) is 60.5 Å². The molecule has 4 atom stereocenters. The zero-order valence-corrected chi connectivity index (χ0v) is 17.9. The van der Waals surface area contributed by atoms with Crippen molar-refractivity contribution >= 4 is 5.90 Å². The lowest BCUT2D eigenvalue weighted by Gasteiger charge is -2.49. The summed E-state index contributed by atoms with van der Waals surface area (Å²) in [6.07, 6.45) is -1.08. The number of aryl methyl sites for hydroxylation is 3. The minimum Gasteiger partial charge on any atom is -0.443 e. The van der Waals surface area contributed by atoms with Gasteiger partial charge in [-0.15, -0.1) is 0 Å². The summed E-state index contributed by atoms with van der Waals surface area (Å²) < 4.78 is 12.6. The fourth-order valence-electron chi connectivity index (χ4n) is 4.98. The molecule has 2 aromatic carbocycles. The predicted octanol–water partition coefficient (Wildman–Crippen LogP) is 4.72. The lowest BCUT2D eigenvalue weighted by Crippen LogP contribution is -2.57. The molecule has 4 rings (SSSR count). The van der Waals surface area contributed by atoms with Crippen LogP contribution < -0.4 is 0 Å². The van der Waals surface area contributed by atoms with Crippen LogP contribution in [-0.2, 0) is 15.3 Å². The highest BCUT2D eigenvalue weighted by Gasteiger charge is 2.79. The topological polar surface area (TPSA) is 114 Å². The Morgan fingerprint density at radius 2 is 1.52 bits per heavy atom. The maximum Gasteiger partial charge on any atom is 0.244 e. The highest BCUT2D eigenvalue weighted by Crippen LogP contribution is 2.69. The van der Waals surface area contributed by atoms with E-state index in [1.54, 1.807) is 6.92 Å². The molecule has 2 aliphatic heterocycles. The standard InChI is InChI=1S/C25H22N4O2/c1-15-6-9-19(10-7-15)25-18(4)24(14-28,22(29)31-25)23(12-26,13-27)21(30-25)20-11-16(2)5-8-17(20)3/h5-11,18,21,29H,1-4H3. The van der Waals surface area contributed by atoms with Crippen LogP contribution in [0.3, 0.4) is 0 Å². The van der Waals surface area contributed by atoms with E-state index in [0.717, 1.165) is 16.7 Å². The van der Waals surface area contributed by atoms with Crippen molar-refractivity contribution in [1.29, 1.82) is 21.2 Å². The molecule has 1 N–H and O–H groups in total. The van der Waals surface area contributed by atoms with E-state index >= 15 is 0 Å². The molecule has 2 heterocycles. The van der Waals surface area contributed by atoms with Crippen molar-refractivity contribution in [2.45, 2.75) is 39.6 Å². The lowest BCUT2D eigenvalue weighted by atomic mass is 9.53. The number of nitrogens with one attached hydrogen (secondary N) is 1. The number of hydrogen-bond donors (Lipinski definition) is 1. The highest BCUT2D eigenvalue weighted by molar-refractivity contribution is 5.89. The van der Waals surface area contributed by atoms with Crippen LogP contribution in [0.4, 0.5) is 0 Å². The first kappa shape index (κ1) is 20.6. The monoisotopic (exact) mass is 410 g/mol. The van der Waals surface area contributed by atoms with Crippen molar-refractivity contribution in [2.75, 3.05) is 0 Å². The Bertz CT molecular complexity index is 1200. The zero-order chi connectivity index (χ0) is 22.6. The highest BCUT2D eigenvalue weighted by atomic mass is 16.7. The van der Waals surface area contributed by atoms with Crippen molar-refractivity contribution in [3.63, 3.8) is 0 Å². The molecule has 2 bridgehead atoms. The molecule has 0 aromatic heterocycles. The van der Waals surface area contributed by atoms with Gasteiger partial charge in [-0.25, -0.2) is 0 Å². The van der Waals surface area contributed by atoms with Crippen molar-refractivity contribution < 1.29 is 9.47 Å². The second kappa shape index (κ2) is 6.67. The van der Waals surface area contributed by atoms with E-state index in [0.29, 0.717) is 11.1 Å². The van der Waals surface area contributed by atoms with Gasteiger partial charge in [0.05, 0.1) is 24.1 Å². The summed E-state index contributed by atoms with van der Waals surface area (Å²) in [4.78, 5) is 0. The Kier molecular flexibility index (Phi) is 4.44. The molecule has 0 spiro atoms. The third-order valence-corrected chi connectivity index (χ3v) is 6.84. The molecule has 154 valence electrons. The number of hydrogen-bond acceptors (Lipinski definition) is 6. The van der Waals surface area contributed by atoms with E-state index in [4.69, 9.17) is 14.9 Å². The minimum atomic E-state index is -1.96. The molecule has 2 saturated heterocycles. The second-order valence-corrected chi connectivity index (χ2v) is 8.50. The Labute approximate surface area is 181 Å². The van der Waals surface area contributed by atoms with Gasteiger partial charge >= 0.3 is 0 Å². The number of fused-ring (bicyclic) bond motifs is 2. The van der Waals surface area contributed by atoms with Gasteiger partial charge in [0, 0.05) is 5.56 Å². The SMILES string of the molecule is Cc1ccc(C23OC(=N)C(C#N)(C2C)C(C#N)(C#N)C(c2cc(C)ccc2C)O3)cc1. The number of nitriles is 3. The van der Waals surface area contributed by atoms with Crippen molar-refractivity contribution in [3.8, 4) is 18.2 Å². The lowest BCUT2D eigenvalue weighted by molar-refractivity contribution is -0.288. The summed E-state index contributed by atoms with van der Waals surface area (Å²) in [6, 6.07) is 19.6. The van der Waals surface area contributed by atoms with E-state index < -0.39 is 34.5 Å². The maximum absolute atomic E-state index is 10.4. The van der Waals surface area contributed by atoms with Crippen LogP contribution in [-0.4, -0.2) is 5.90 Å². The maximum atomic E-state index is 10.4. The second-order valence-electron chi connectivity index (χ2n) is 8.50. The fraction of sp³-hybridized carbons (Fsp3) is 0.360. The van der Waals surface area contributed by atoms with Gasteiger partial charge in [-0.05, 0) is 31.9 Å². The first-order valence-electron chi connectivity index (χ1n) is 10.1. The molecule has 0 saturated carbocycles. The van der Waals surface area contributed by atoms with E-state index in [1.807, 2.05) is 63.2 Å². The Morgan fingerprint density at radius 1 is 0.903 bits per heavy atom. The average Bonchev–Trinajstić information content (AvgIpc) is 2.92. The van der Waals surface area contributed by atoms with Crippen LogP contribution >= 0.6 is 0 Å². The van der Waals surface area contributed by atoms with Gasteiger partial charge in [-0.2, -0.15) is 15.8 Å². The third-order valence-electron chi connectivity index (χ3n) is 6.84. The fourth-order valence-corrected chi connectivity index (χ4v) is 4.98. The minimum absolute atomic E-state index is 0.404. The number of benzene rings is 2. The van der Waals surface area contributed by atoms with Crippen molar-refractivity contribution in [1.82, 2.24) is 0 Å². The smallest absolute Gasteiger partial charge is 0.244 e. The van der Waals surface area contributed by atoms with Gasteiger partial charge in [0.15, 0.2) is 5.41 Å². The third kappa shape index (κ3) is 2.36. The van der Waals surface area contributed by atoms with Crippen LogP contribution in [0.15, 0.2) is 42.5 Å². The molecule has 6 nitrogen and oxygen atoms in total. The van der Waals surface area contributed by atoms with Gasteiger partial charge in [0.25, 0.3) is 0 Å². The van der Waals surface area contributed by atoms with E-state index in [9.17, 15) is 15.8 Å². The van der Waals surface area contributed by atoms with Crippen LogP contribution in [0.25, 0.3) is 0 Å². The van der Waals surface area contributed by atoms with Gasteiger partial charge in [-0.3, -0.25) is 5.41 Å². The summed E-state index contributed by atoms with van der Waals surface area (Å²) in [7, 11) is 0. The Hall–Kier alpha value is -3.66. The van der Waals surface area contributed by atoms with E-state index in [2.05, 4.69) is 18.2 Å². The molecule has 4 unspecified atom stereocenters. The molecule has 2 aliphatic rings. The quantitative estimate of drug-likeness (QED) is 0.769. The largest absolute Gasteiger partial charge is 0.443 e. The summed E-state index contributed by atoms with van der Waals surface area (Å²) in [5.74, 6) is -2.63. The first-order valence-corrected chi connectivity index (χ1v) is 10.1. The summed E-state index contributed by atoms with van der Waals surface area (Å²) >= 11 is 0. The number of ether oxygens (including phenoxy) is 2. The van der Waals surface area contributed by atoms with Crippen LogP contribution in [0.1, 0.15) is 40.8 Å². The molecule has 2 aromatic rings. The predicted molar refractivity (Wildman–Crippen MR) is 112 cm³/mol. The Balaban J connectivity index is 2.07. The zero-order valence-electron chi connectivity index (χ0n) is 17.9. The van der Waals surface area contributed by atoms with Crippen molar-refractivity contribution in [3.05, 3.63) is 70.3 Å². The normalized spacial score (nSPS) is 30.5. The molecular formula is C25H22N4O2. The van der Waals surface area contributed by atoms with Crippen LogP contribution in [0, 0.1) is 76.9 Å². The summed E-state index contributed by atoms with van der Waals surface area (Å²) in [5.41, 5.74) is 0.348. The first-order chi connectivity index (χ1) is 14.7. The molecule has 0 aliphatic carbocycles. The van der Waals surface area contributed by atoms with Gasteiger partial charge in [0.1, 0.15) is 6.10 Å². The molecular weight excluding hydrogens is 388 g/mol. The van der Waals surface area contributed by atoms with Gasteiger partial charge < -0.3 is 9.47 Å². The van der Waals surface area contributed by atoms with Gasteiger partial charge in [0.2, 0.25) is 17.1 Å². The molecule has 2 fully saturated rings. The Morgan fingerprint density at radius 3 is 2.10 bits per heavy atom. The number of nitrogens with zero attached hydrogens (tertiary/aromatic N) is 3. The number of rotatable bonds is 2. The molecule has 0 amide bonds. The average molecular weight is 410 g/mol. The van der Waals surface area contributed by atoms with E-state index in [1.165, 1.54) is 0 Å². The van der Waals surface area contributed by atoms with Crippen molar-refractivity contribution in [2.24, 2.45) is 16.7 Å².